The summed E-state index contributed by atoms with van der Waals surface area (Å²) in [6, 6.07) is 8.46. The molecule has 2 rings (SSSR count). The van der Waals surface area contributed by atoms with Crippen LogP contribution < -0.4 is 4.74 Å². The van der Waals surface area contributed by atoms with Crippen LogP contribution in [0.3, 0.4) is 0 Å². The highest BCUT2D eigenvalue weighted by Gasteiger charge is 2.16. The van der Waals surface area contributed by atoms with Crippen molar-refractivity contribution >= 4 is 5.69 Å². The van der Waals surface area contributed by atoms with E-state index in [1.54, 1.807) is 0 Å². The van der Waals surface area contributed by atoms with Crippen molar-refractivity contribution in [3.8, 4) is 11.5 Å². The van der Waals surface area contributed by atoms with Gasteiger partial charge in [0, 0.05) is 6.07 Å². The van der Waals surface area contributed by atoms with Gasteiger partial charge >= 0.3 is 0 Å². The van der Waals surface area contributed by atoms with E-state index in [9.17, 15) is 19.6 Å². The Morgan fingerprint density at radius 2 is 2.00 bits per heavy atom. The Bertz CT molecular complexity index is 685. The lowest BCUT2D eigenvalue weighted by Gasteiger charge is -2.11. The van der Waals surface area contributed by atoms with Gasteiger partial charge in [0.1, 0.15) is 5.75 Å². The van der Waals surface area contributed by atoms with E-state index in [1.807, 2.05) is 0 Å². The van der Waals surface area contributed by atoms with Crippen molar-refractivity contribution < 1.29 is 19.2 Å². The highest BCUT2D eigenvalue weighted by molar-refractivity contribution is 5.50. The third-order valence-corrected chi connectivity index (χ3v) is 3.11. The van der Waals surface area contributed by atoms with Crippen LogP contribution in [0.25, 0.3) is 0 Å². The van der Waals surface area contributed by atoms with E-state index >= 15 is 0 Å². The molecular weight excluding hydrogens is 277 g/mol. The lowest BCUT2D eigenvalue weighted by Crippen LogP contribution is -1.97. The van der Waals surface area contributed by atoms with E-state index in [-0.39, 0.29) is 17.2 Å². The smallest absolute Gasteiger partial charge is 0.276 e. The Morgan fingerprint density at radius 3 is 2.57 bits per heavy atom. The van der Waals surface area contributed by atoms with Crippen LogP contribution in [0.15, 0.2) is 36.4 Å². The van der Waals surface area contributed by atoms with Crippen LogP contribution in [0.2, 0.25) is 0 Å². The molecule has 0 fully saturated rings. The molecule has 1 N–H and O–H groups in total. The highest BCUT2D eigenvalue weighted by atomic mass is 19.1. The number of nitrogens with zero attached hydrogens (tertiary/aromatic N) is 1. The number of nitro benzene ring substituents is 1. The van der Waals surface area contributed by atoms with E-state index in [1.165, 1.54) is 50.2 Å². The van der Waals surface area contributed by atoms with E-state index in [2.05, 4.69) is 0 Å². The lowest BCUT2D eigenvalue weighted by atomic mass is 10.1. The summed E-state index contributed by atoms with van der Waals surface area (Å²) in [6.07, 6.45) is -0.784. The van der Waals surface area contributed by atoms with E-state index in [0.29, 0.717) is 11.1 Å². The molecule has 0 aliphatic rings. The summed E-state index contributed by atoms with van der Waals surface area (Å²) in [4.78, 5) is 10.3. The zero-order chi connectivity index (χ0) is 15.6. The molecule has 5 nitrogen and oxygen atoms in total. The number of halogens is 1. The zero-order valence-corrected chi connectivity index (χ0v) is 11.5. The van der Waals surface area contributed by atoms with E-state index < -0.39 is 16.8 Å². The molecule has 0 aromatic heterocycles. The van der Waals surface area contributed by atoms with Crippen LogP contribution in [0, 0.1) is 22.9 Å². The molecule has 0 bridgehead atoms. The minimum atomic E-state index is -0.784. The number of rotatable bonds is 4. The molecule has 2 aromatic rings. The second-order valence-corrected chi connectivity index (χ2v) is 4.63. The predicted octanol–water partition coefficient (Wildman–Crippen LogP) is 3.89. The summed E-state index contributed by atoms with van der Waals surface area (Å²) in [5.74, 6) is -0.477. The SMILES string of the molecule is Cc1c(Oc2ccc([C@@H](C)O)cc2F)cccc1[N+](=O)[O-]. The summed E-state index contributed by atoms with van der Waals surface area (Å²) in [6.45, 7) is 3.07. The average molecular weight is 291 g/mol. The van der Waals surface area contributed by atoms with Crippen LogP contribution in [-0.2, 0) is 0 Å². The highest BCUT2D eigenvalue weighted by Crippen LogP contribution is 2.32. The van der Waals surface area contributed by atoms with Crippen molar-refractivity contribution in [3.05, 3.63) is 63.5 Å². The van der Waals surface area contributed by atoms with Crippen LogP contribution in [0.5, 0.6) is 11.5 Å². The molecule has 0 aliphatic heterocycles. The minimum Gasteiger partial charge on any atom is -0.454 e. The van der Waals surface area contributed by atoms with E-state index in [4.69, 9.17) is 4.74 Å². The van der Waals surface area contributed by atoms with Crippen LogP contribution in [0.4, 0.5) is 10.1 Å². The molecule has 1 atom stereocenters. The summed E-state index contributed by atoms with van der Waals surface area (Å²) in [5, 5.41) is 20.2. The number of ether oxygens (including phenoxy) is 1. The fraction of sp³-hybridized carbons (Fsp3) is 0.200. The maximum absolute atomic E-state index is 13.9. The van der Waals surface area contributed by atoms with Gasteiger partial charge in [-0.2, -0.15) is 0 Å². The van der Waals surface area contributed by atoms with Crippen LogP contribution in [-0.4, -0.2) is 10.0 Å². The summed E-state index contributed by atoms with van der Waals surface area (Å²) in [7, 11) is 0. The summed E-state index contributed by atoms with van der Waals surface area (Å²) >= 11 is 0. The summed E-state index contributed by atoms with van der Waals surface area (Å²) < 4.78 is 19.3. The van der Waals surface area contributed by atoms with Crippen molar-refractivity contribution in [1.82, 2.24) is 0 Å². The second kappa shape index (κ2) is 5.88. The van der Waals surface area contributed by atoms with Crippen molar-refractivity contribution in [2.75, 3.05) is 0 Å². The zero-order valence-electron chi connectivity index (χ0n) is 11.5. The van der Waals surface area contributed by atoms with Crippen molar-refractivity contribution in [1.29, 1.82) is 0 Å². The fourth-order valence-electron chi connectivity index (χ4n) is 1.89. The first-order chi connectivity index (χ1) is 9.90. The number of nitro groups is 1. The first-order valence-corrected chi connectivity index (χ1v) is 6.29. The Balaban J connectivity index is 2.35. The monoisotopic (exact) mass is 291 g/mol. The van der Waals surface area contributed by atoms with Gasteiger partial charge in [-0.15, -0.1) is 0 Å². The maximum atomic E-state index is 13.9. The van der Waals surface area contributed by atoms with Crippen LogP contribution in [0.1, 0.15) is 24.2 Å². The molecule has 21 heavy (non-hydrogen) atoms. The first-order valence-electron chi connectivity index (χ1n) is 6.29. The summed E-state index contributed by atoms with van der Waals surface area (Å²) in [5.41, 5.74) is 0.658. The number of hydrogen-bond donors (Lipinski definition) is 1. The molecule has 0 saturated carbocycles. The fourth-order valence-corrected chi connectivity index (χ4v) is 1.89. The molecule has 110 valence electrons. The largest absolute Gasteiger partial charge is 0.454 e. The quantitative estimate of drug-likeness (QED) is 0.685. The Labute approximate surface area is 120 Å². The molecular formula is C15H14FNO4. The van der Waals surface area contributed by atoms with Gasteiger partial charge in [0.15, 0.2) is 11.6 Å². The van der Waals surface area contributed by atoms with E-state index in [0.717, 1.165) is 0 Å². The van der Waals surface area contributed by atoms with Gasteiger partial charge in [0.05, 0.1) is 16.6 Å². The maximum Gasteiger partial charge on any atom is 0.276 e. The molecule has 2 aromatic carbocycles. The van der Waals surface area contributed by atoms with Gasteiger partial charge in [-0.25, -0.2) is 4.39 Å². The lowest BCUT2D eigenvalue weighted by molar-refractivity contribution is -0.385. The number of hydrogen-bond acceptors (Lipinski definition) is 4. The van der Waals surface area contributed by atoms with Gasteiger partial charge in [-0.1, -0.05) is 12.1 Å². The molecule has 0 radical (unpaired) electrons. The average Bonchev–Trinajstić information content (AvgIpc) is 2.42. The number of benzene rings is 2. The normalized spacial score (nSPS) is 12.0. The molecule has 0 spiro atoms. The van der Waals surface area contributed by atoms with Crippen molar-refractivity contribution in [2.24, 2.45) is 0 Å². The second-order valence-electron chi connectivity index (χ2n) is 4.63. The van der Waals surface area contributed by atoms with Crippen molar-refractivity contribution in [3.63, 3.8) is 0 Å². The van der Waals surface area contributed by atoms with Gasteiger partial charge in [-0.3, -0.25) is 10.1 Å². The first kappa shape index (κ1) is 14.9. The molecule has 0 aliphatic carbocycles. The third kappa shape index (κ3) is 3.17. The molecule has 6 heteroatoms. The Hall–Kier alpha value is -2.47. The van der Waals surface area contributed by atoms with Gasteiger partial charge < -0.3 is 9.84 Å². The van der Waals surface area contributed by atoms with Gasteiger partial charge in [-0.05, 0) is 37.6 Å². The molecule has 0 saturated heterocycles. The molecule has 0 unspecified atom stereocenters. The standard InChI is InChI=1S/C15H14FNO4/c1-9-13(17(19)20)4-3-5-14(9)21-15-7-6-11(10(2)18)8-12(15)16/h3-8,10,18H,1-2H3/t10-/m1/s1. The Kier molecular flexibility index (Phi) is 4.18. The van der Waals surface area contributed by atoms with Crippen molar-refractivity contribution in [2.45, 2.75) is 20.0 Å². The van der Waals surface area contributed by atoms with Gasteiger partial charge in [0.2, 0.25) is 0 Å². The predicted molar refractivity (Wildman–Crippen MR) is 74.9 cm³/mol. The minimum absolute atomic E-state index is 0.0528. The van der Waals surface area contributed by atoms with Crippen LogP contribution >= 0.6 is 0 Å². The molecule has 0 amide bonds. The number of aliphatic hydroxyl groups is 1. The number of aliphatic hydroxyl groups excluding tert-OH is 1. The third-order valence-electron chi connectivity index (χ3n) is 3.11. The topological polar surface area (TPSA) is 72.6 Å². The molecule has 0 heterocycles. The Morgan fingerprint density at radius 1 is 1.29 bits per heavy atom. The van der Waals surface area contributed by atoms with Gasteiger partial charge in [0.25, 0.3) is 5.69 Å².